The van der Waals surface area contributed by atoms with E-state index in [2.05, 4.69) is 39.8 Å². The van der Waals surface area contributed by atoms with Crippen molar-refractivity contribution in [1.29, 1.82) is 0 Å². The molecule has 2 heteroatoms. The Morgan fingerprint density at radius 1 is 0.955 bits per heavy atom. The molecule has 0 aromatic heterocycles. The van der Waals surface area contributed by atoms with Crippen molar-refractivity contribution in [2.75, 3.05) is 0 Å². The predicted octanol–water partition coefficient (Wildman–Crippen LogP) is 5.09. The summed E-state index contributed by atoms with van der Waals surface area (Å²) >= 11 is 0. The molecule has 0 bridgehead atoms. The van der Waals surface area contributed by atoms with Crippen LogP contribution in [0, 0.1) is 20.8 Å². The van der Waals surface area contributed by atoms with Gasteiger partial charge in [-0.25, -0.2) is 0 Å². The van der Waals surface area contributed by atoms with Gasteiger partial charge in [0.25, 0.3) is 0 Å². The number of hydrogen-bond donors (Lipinski definition) is 1. The van der Waals surface area contributed by atoms with Gasteiger partial charge >= 0.3 is 0 Å². The van der Waals surface area contributed by atoms with Gasteiger partial charge in [0, 0.05) is 5.56 Å². The molecule has 0 aliphatic rings. The van der Waals surface area contributed by atoms with Gasteiger partial charge in [0.15, 0.2) is 6.29 Å². The van der Waals surface area contributed by atoms with Crippen LogP contribution in [0.4, 0.5) is 0 Å². The molecule has 2 aromatic carbocycles. The van der Waals surface area contributed by atoms with Gasteiger partial charge < -0.3 is 5.11 Å². The van der Waals surface area contributed by atoms with Crippen LogP contribution >= 0.6 is 0 Å². The second-order valence-electron chi connectivity index (χ2n) is 7.10. The van der Waals surface area contributed by atoms with E-state index in [-0.39, 0.29) is 11.2 Å². The van der Waals surface area contributed by atoms with Crippen molar-refractivity contribution in [3.05, 3.63) is 52.1 Å². The highest BCUT2D eigenvalue weighted by molar-refractivity contribution is 5.88. The highest BCUT2D eigenvalue weighted by Crippen LogP contribution is 2.39. The third-order valence-electron chi connectivity index (χ3n) is 4.08. The van der Waals surface area contributed by atoms with E-state index >= 15 is 0 Å². The number of benzene rings is 2. The molecule has 2 rings (SSSR count). The Morgan fingerprint density at radius 2 is 1.50 bits per heavy atom. The van der Waals surface area contributed by atoms with Crippen LogP contribution in [-0.2, 0) is 5.41 Å². The van der Waals surface area contributed by atoms with Crippen LogP contribution in [0.3, 0.4) is 0 Å². The summed E-state index contributed by atoms with van der Waals surface area (Å²) in [6, 6.07) is 8.00. The smallest absolute Gasteiger partial charge is 0.153 e. The summed E-state index contributed by atoms with van der Waals surface area (Å²) in [4.78, 5) is 11.4. The number of aromatic hydroxyl groups is 1. The van der Waals surface area contributed by atoms with Gasteiger partial charge in [-0.1, -0.05) is 38.5 Å². The highest BCUT2D eigenvalue weighted by Gasteiger charge is 2.21. The van der Waals surface area contributed by atoms with Gasteiger partial charge in [-0.05, 0) is 60.6 Å². The average molecular weight is 296 g/mol. The quantitative estimate of drug-likeness (QED) is 0.783. The highest BCUT2D eigenvalue weighted by atomic mass is 16.3. The van der Waals surface area contributed by atoms with Crippen molar-refractivity contribution in [2.24, 2.45) is 0 Å². The summed E-state index contributed by atoms with van der Waals surface area (Å²) < 4.78 is 0. The van der Waals surface area contributed by atoms with Crippen molar-refractivity contribution >= 4 is 6.29 Å². The third-order valence-corrected chi connectivity index (χ3v) is 4.08. The van der Waals surface area contributed by atoms with E-state index in [0.717, 1.165) is 34.1 Å². The molecule has 2 aromatic rings. The maximum absolute atomic E-state index is 11.4. The normalized spacial score (nSPS) is 11.5. The summed E-state index contributed by atoms with van der Waals surface area (Å²) in [6.07, 6.45) is 0.729. The largest absolute Gasteiger partial charge is 0.507 e. The Bertz CT molecular complexity index is 711. The molecule has 0 radical (unpaired) electrons. The SMILES string of the molecule is Cc1cc(C)c(-c2cc(C(C)(C)C)cc(C=O)c2O)c(C)c1. The lowest BCUT2D eigenvalue weighted by Gasteiger charge is -2.22. The van der Waals surface area contributed by atoms with Crippen molar-refractivity contribution in [3.8, 4) is 16.9 Å². The molecule has 0 spiro atoms. The second kappa shape index (κ2) is 5.60. The number of aldehydes is 1. The van der Waals surface area contributed by atoms with Gasteiger partial charge in [0.1, 0.15) is 5.75 Å². The minimum absolute atomic E-state index is 0.0676. The summed E-state index contributed by atoms with van der Waals surface area (Å²) in [5.74, 6) is 0.0676. The van der Waals surface area contributed by atoms with Crippen LogP contribution in [0.2, 0.25) is 0 Å². The van der Waals surface area contributed by atoms with Gasteiger partial charge in [-0.2, -0.15) is 0 Å². The molecular weight excluding hydrogens is 272 g/mol. The fourth-order valence-electron chi connectivity index (χ4n) is 2.98. The van der Waals surface area contributed by atoms with E-state index in [1.807, 2.05) is 19.9 Å². The van der Waals surface area contributed by atoms with Crippen molar-refractivity contribution in [1.82, 2.24) is 0 Å². The van der Waals surface area contributed by atoms with Crippen LogP contribution in [-0.4, -0.2) is 11.4 Å². The van der Waals surface area contributed by atoms with Crippen LogP contribution in [0.5, 0.6) is 5.75 Å². The number of phenols is 1. The fraction of sp³-hybridized carbons (Fsp3) is 0.350. The molecule has 0 unspecified atom stereocenters. The Hall–Kier alpha value is -2.09. The lowest BCUT2D eigenvalue weighted by Crippen LogP contribution is -2.12. The maximum Gasteiger partial charge on any atom is 0.153 e. The molecule has 1 N–H and O–H groups in total. The van der Waals surface area contributed by atoms with Crippen molar-refractivity contribution < 1.29 is 9.90 Å². The van der Waals surface area contributed by atoms with Gasteiger partial charge in [-0.3, -0.25) is 4.79 Å². The van der Waals surface area contributed by atoms with Crippen LogP contribution in [0.15, 0.2) is 24.3 Å². The summed E-state index contributed by atoms with van der Waals surface area (Å²) in [5.41, 5.74) is 6.46. The molecule has 22 heavy (non-hydrogen) atoms. The number of hydrogen-bond acceptors (Lipinski definition) is 2. The first kappa shape index (κ1) is 16.3. The minimum Gasteiger partial charge on any atom is -0.507 e. The maximum atomic E-state index is 11.4. The van der Waals surface area contributed by atoms with E-state index in [1.54, 1.807) is 6.07 Å². The number of rotatable bonds is 2. The van der Waals surface area contributed by atoms with Gasteiger partial charge in [0.05, 0.1) is 5.56 Å². The first-order chi connectivity index (χ1) is 10.1. The zero-order valence-corrected chi connectivity index (χ0v) is 14.2. The Kier molecular flexibility index (Phi) is 4.15. The van der Waals surface area contributed by atoms with Gasteiger partial charge in [0.2, 0.25) is 0 Å². The zero-order valence-electron chi connectivity index (χ0n) is 14.2. The number of phenolic OH excluding ortho intramolecular Hbond substituents is 1. The average Bonchev–Trinajstić information content (AvgIpc) is 2.38. The summed E-state index contributed by atoms with van der Waals surface area (Å²) in [6.45, 7) is 12.5. The van der Waals surface area contributed by atoms with Crippen molar-refractivity contribution in [2.45, 2.75) is 47.0 Å². The Morgan fingerprint density at radius 3 is 1.95 bits per heavy atom. The van der Waals surface area contributed by atoms with Crippen molar-refractivity contribution in [3.63, 3.8) is 0 Å². The monoisotopic (exact) mass is 296 g/mol. The zero-order chi connectivity index (χ0) is 16.7. The van der Waals surface area contributed by atoms with E-state index in [4.69, 9.17) is 0 Å². The van der Waals surface area contributed by atoms with Crippen LogP contribution in [0.1, 0.15) is 53.4 Å². The van der Waals surface area contributed by atoms with E-state index in [1.165, 1.54) is 5.56 Å². The standard InChI is InChI=1S/C20H24O2/c1-12-7-13(2)18(14(3)8-12)17-10-16(20(4,5)6)9-15(11-21)19(17)22/h7-11,22H,1-6H3. The molecule has 0 atom stereocenters. The van der Waals surface area contributed by atoms with E-state index in [9.17, 15) is 9.90 Å². The molecule has 0 saturated carbocycles. The fourth-order valence-corrected chi connectivity index (χ4v) is 2.98. The Balaban J connectivity index is 2.83. The topological polar surface area (TPSA) is 37.3 Å². The molecule has 0 aliphatic heterocycles. The molecule has 2 nitrogen and oxygen atoms in total. The molecule has 0 aliphatic carbocycles. The summed E-state index contributed by atoms with van der Waals surface area (Å²) in [5, 5.41) is 10.5. The van der Waals surface area contributed by atoms with Crippen LogP contribution in [0.25, 0.3) is 11.1 Å². The lowest BCUT2D eigenvalue weighted by molar-refractivity contribution is 0.112. The molecule has 0 fully saturated rings. The predicted molar refractivity (Wildman–Crippen MR) is 91.8 cm³/mol. The third kappa shape index (κ3) is 2.92. The Labute approximate surface area is 132 Å². The minimum atomic E-state index is -0.0906. The first-order valence-electron chi connectivity index (χ1n) is 7.56. The van der Waals surface area contributed by atoms with Gasteiger partial charge in [-0.15, -0.1) is 0 Å². The van der Waals surface area contributed by atoms with E-state index in [0.29, 0.717) is 5.56 Å². The van der Waals surface area contributed by atoms with Crippen LogP contribution < -0.4 is 0 Å². The molecular formula is C20H24O2. The molecule has 0 saturated heterocycles. The molecule has 0 heterocycles. The number of carbonyl (C=O) groups excluding carboxylic acids is 1. The lowest BCUT2D eigenvalue weighted by atomic mass is 9.82. The first-order valence-corrected chi connectivity index (χ1v) is 7.56. The second-order valence-corrected chi connectivity index (χ2v) is 7.10. The molecule has 0 amide bonds. The number of aryl methyl sites for hydroxylation is 3. The van der Waals surface area contributed by atoms with E-state index < -0.39 is 0 Å². The number of carbonyl (C=O) groups is 1. The molecule has 116 valence electrons. The summed E-state index contributed by atoms with van der Waals surface area (Å²) in [7, 11) is 0.